The lowest BCUT2D eigenvalue weighted by molar-refractivity contribution is 0.298. The highest BCUT2D eigenvalue weighted by Gasteiger charge is 2.13. The molecule has 0 heteroatoms. The molecule has 0 amide bonds. The molecule has 0 aliphatic carbocycles. The van der Waals surface area contributed by atoms with Gasteiger partial charge in [-0.15, -0.1) is 6.58 Å². The molecule has 0 rings (SSSR count). The predicted octanol–water partition coefficient (Wildman–Crippen LogP) is 5.30. The number of hydrogen-bond acceptors (Lipinski definition) is 0. The van der Waals surface area contributed by atoms with Gasteiger partial charge in [0.15, 0.2) is 0 Å². The predicted molar refractivity (Wildman–Crippen MR) is 68.6 cm³/mol. The van der Waals surface area contributed by atoms with Crippen molar-refractivity contribution in [2.45, 2.75) is 60.8 Å². The molecule has 1 unspecified atom stereocenters. The Balaban J connectivity index is 0. The summed E-state index contributed by atoms with van der Waals surface area (Å²) in [7, 11) is 0. The second kappa shape index (κ2) is 10.8. The first-order chi connectivity index (χ1) is 6.51. The maximum atomic E-state index is 3.74. The minimum absolute atomic E-state index is 0.789. The minimum atomic E-state index is 0.789. The summed E-state index contributed by atoms with van der Waals surface area (Å²) in [4.78, 5) is 0. The van der Waals surface area contributed by atoms with Gasteiger partial charge in [0.05, 0.1) is 0 Å². The van der Waals surface area contributed by atoms with Crippen LogP contribution in [0.5, 0.6) is 0 Å². The largest absolute Gasteiger partial charge is 0.103 e. The van der Waals surface area contributed by atoms with Crippen LogP contribution in [0.25, 0.3) is 0 Å². The monoisotopic (exact) mass is 198 g/mol. The highest BCUT2D eigenvalue weighted by atomic mass is 14.2. The molecule has 0 aromatic rings. The van der Waals surface area contributed by atoms with Gasteiger partial charge in [-0.3, -0.25) is 0 Å². The molecule has 0 radical (unpaired) electrons. The van der Waals surface area contributed by atoms with Gasteiger partial charge in [0, 0.05) is 0 Å². The van der Waals surface area contributed by atoms with Crippen LogP contribution in [-0.4, -0.2) is 0 Å². The Morgan fingerprint density at radius 2 is 1.43 bits per heavy atom. The van der Waals surface area contributed by atoms with E-state index in [-0.39, 0.29) is 0 Å². The van der Waals surface area contributed by atoms with E-state index in [2.05, 4.69) is 48.1 Å². The standard InChI is InChI=1S/C10H20.C4H10/c1-6-7-9(4)10(5)8(2)3;1-3-4-2/h6,8-10H,1,7H2,2-5H3;3-4H2,1-2H3/t9-,10?;/m0./s1. The van der Waals surface area contributed by atoms with Crippen molar-refractivity contribution in [3.8, 4) is 0 Å². The van der Waals surface area contributed by atoms with E-state index in [0.717, 1.165) is 24.2 Å². The maximum Gasteiger partial charge on any atom is -0.0325 e. The normalized spacial score (nSPS) is 14.2. The summed E-state index contributed by atoms with van der Waals surface area (Å²) >= 11 is 0. The highest BCUT2D eigenvalue weighted by Crippen LogP contribution is 2.22. The van der Waals surface area contributed by atoms with E-state index in [1.807, 2.05) is 6.08 Å². The molecule has 2 atom stereocenters. The molecule has 0 aromatic heterocycles. The molecular weight excluding hydrogens is 168 g/mol. The van der Waals surface area contributed by atoms with Crippen LogP contribution in [0.2, 0.25) is 0 Å². The van der Waals surface area contributed by atoms with Crippen LogP contribution in [-0.2, 0) is 0 Å². The molecule has 0 aromatic carbocycles. The number of hydrogen-bond donors (Lipinski definition) is 0. The van der Waals surface area contributed by atoms with Gasteiger partial charge >= 0.3 is 0 Å². The van der Waals surface area contributed by atoms with Crippen LogP contribution in [0.3, 0.4) is 0 Å². The SMILES string of the molecule is C=CC[C@H](C)C(C)C(C)C.CCCC. The molecule has 0 bridgehead atoms. The second-order valence-corrected chi connectivity index (χ2v) is 4.60. The molecule has 0 fully saturated rings. The van der Waals surface area contributed by atoms with E-state index in [4.69, 9.17) is 0 Å². The zero-order valence-electron chi connectivity index (χ0n) is 11.1. The van der Waals surface area contributed by atoms with E-state index < -0.39 is 0 Å². The Labute approximate surface area is 91.8 Å². The zero-order valence-corrected chi connectivity index (χ0v) is 11.1. The Morgan fingerprint density at radius 1 is 1.00 bits per heavy atom. The summed E-state index contributed by atoms with van der Waals surface area (Å²) in [6, 6.07) is 0. The quantitative estimate of drug-likeness (QED) is 0.526. The van der Waals surface area contributed by atoms with Crippen molar-refractivity contribution in [3.05, 3.63) is 12.7 Å². The van der Waals surface area contributed by atoms with Gasteiger partial charge in [0.25, 0.3) is 0 Å². The van der Waals surface area contributed by atoms with Crippen LogP contribution in [0.15, 0.2) is 12.7 Å². The lowest BCUT2D eigenvalue weighted by Gasteiger charge is -2.21. The first-order valence-corrected chi connectivity index (χ1v) is 6.12. The number of allylic oxidation sites excluding steroid dienone is 1. The molecule has 0 aliphatic heterocycles. The third-order valence-corrected chi connectivity index (χ3v) is 2.99. The van der Waals surface area contributed by atoms with Crippen molar-refractivity contribution in [2.75, 3.05) is 0 Å². The van der Waals surface area contributed by atoms with Crippen molar-refractivity contribution in [1.29, 1.82) is 0 Å². The van der Waals surface area contributed by atoms with E-state index >= 15 is 0 Å². The van der Waals surface area contributed by atoms with Crippen molar-refractivity contribution < 1.29 is 0 Å². The molecule has 14 heavy (non-hydrogen) atoms. The molecule has 0 heterocycles. The van der Waals surface area contributed by atoms with Gasteiger partial charge in [0.1, 0.15) is 0 Å². The van der Waals surface area contributed by atoms with Crippen molar-refractivity contribution >= 4 is 0 Å². The molecule has 0 N–H and O–H groups in total. The molecule has 0 saturated heterocycles. The highest BCUT2D eigenvalue weighted by molar-refractivity contribution is 4.74. The van der Waals surface area contributed by atoms with Gasteiger partial charge in [-0.1, -0.05) is 60.5 Å². The van der Waals surface area contributed by atoms with Crippen LogP contribution in [0.4, 0.5) is 0 Å². The lowest BCUT2D eigenvalue weighted by atomic mass is 9.84. The molecular formula is C14H30. The van der Waals surface area contributed by atoms with Crippen molar-refractivity contribution in [1.82, 2.24) is 0 Å². The van der Waals surface area contributed by atoms with Crippen molar-refractivity contribution in [2.24, 2.45) is 17.8 Å². The van der Waals surface area contributed by atoms with Gasteiger partial charge in [0.2, 0.25) is 0 Å². The fraction of sp³-hybridized carbons (Fsp3) is 0.857. The first kappa shape index (κ1) is 16.2. The molecule has 0 spiro atoms. The van der Waals surface area contributed by atoms with Gasteiger partial charge in [-0.25, -0.2) is 0 Å². The van der Waals surface area contributed by atoms with Crippen LogP contribution < -0.4 is 0 Å². The molecule has 0 saturated carbocycles. The van der Waals surface area contributed by atoms with E-state index in [0.29, 0.717) is 0 Å². The third-order valence-electron chi connectivity index (χ3n) is 2.99. The van der Waals surface area contributed by atoms with E-state index in [1.165, 1.54) is 12.8 Å². The fourth-order valence-corrected chi connectivity index (χ4v) is 1.13. The summed E-state index contributed by atoms with van der Waals surface area (Å²) in [6.45, 7) is 17.3. The summed E-state index contributed by atoms with van der Waals surface area (Å²) < 4.78 is 0. The zero-order chi connectivity index (χ0) is 11.6. The van der Waals surface area contributed by atoms with Crippen molar-refractivity contribution in [3.63, 3.8) is 0 Å². The fourth-order valence-electron chi connectivity index (χ4n) is 1.13. The van der Waals surface area contributed by atoms with Gasteiger partial charge in [-0.05, 0) is 24.2 Å². The molecule has 0 nitrogen and oxygen atoms in total. The lowest BCUT2D eigenvalue weighted by Crippen LogP contribution is -2.13. The summed E-state index contributed by atoms with van der Waals surface area (Å²) in [5.41, 5.74) is 0. The summed E-state index contributed by atoms with van der Waals surface area (Å²) in [5, 5.41) is 0. The smallest absolute Gasteiger partial charge is 0.0325 e. The average Bonchev–Trinajstić information content (AvgIpc) is 2.17. The minimum Gasteiger partial charge on any atom is -0.103 e. The average molecular weight is 198 g/mol. The summed E-state index contributed by atoms with van der Waals surface area (Å²) in [6.07, 6.45) is 5.81. The Morgan fingerprint density at radius 3 is 1.64 bits per heavy atom. The summed E-state index contributed by atoms with van der Waals surface area (Å²) in [5.74, 6) is 2.41. The topological polar surface area (TPSA) is 0 Å². The number of rotatable bonds is 5. The second-order valence-electron chi connectivity index (χ2n) is 4.60. The third kappa shape index (κ3) is 9.83. The first-order valence-electron chi connectivity index (χ1n) is 6.12. The number of unbranched alkanes of at least 4 members (excludes halogenated alkanes) is 1. The molecule has 0 aliphatic rings. The molecule has 86 valence electrons. The Bertz CT molecular complexity index is 111. The van der Waals surface area contributed by atoms with E-state index in [9.17, 15) is 0 Å². The van der Waals surface area contributed by atoms with Crippen LogP contribution >= 0.6 is 0 Å². The van der Waals surface area contributed by atoms with Gasteiger partial charge in [-0.2, -0.15) is 0 Å². The van der Waals surface area contributed by atoms with E-state index in [1.54, 1.807) is 0 Å². The Hall–Kier alpha value is -0.260. The maximum absolute atomic E-state index is 3.74. The Kier molecular flexibility index (Phi) is 12.5. The van der Waals surface area contributed by atoms with Gasteiger partial charge < -0.3 is 0 Å². The van der Waals surface area contributed by atoms with Crippen LogP contribution in [0.1, 0.15) is 60.8 Å². The van der Waals surface area contributed by atoms with Crippen LogP contribution in [0, 0.1) is 17.8 Å².